The standard InChI is InChI=1S/C23H15F9O2S/c24-20(25,21(26,27)22(28,29)23(30,31)32)19(33)34-35(16-10-4-1-5-11-16,17-12-6-2-7-13-17)18-14-8-3-9-15-18/h1-15H. The molecule has 0 bridgehead atoms. The van der Waals surface area contributed by atoms with Crippen molar-refractivity contribution in [2.45, 2.75) is 38.6 Å². The van der Waals surface area contributed by atoms with Crippen LogP contribution in [-0.4, -0.2) is 29.9 Å². The highest BCUT2D eigenvalue weighted by atomic mass is 32.3. The first-order chi connectivity index (χ1) is 16.2. The first kappa shape index (κ1) is 26.5. The van der Waals surface area contributed by atoms with Crippen LogP contribution in [0.5, 0.6) is 0 Å². The summed E-state index contributed by atoms with van der Waals surface area (Å²) in [6, 6.07) is 21.0. The van der Waals surface area contributed by atoms with Crippen LogP contribution >= 0.6 is 10.3 Å². The molecule has 3 aromatic rings. The second-order valence-electron chi connectivity index (χ2n) is 7.09. The average molecular weight is 526 g/mol. The molecule has 0 aliphatic rings. The van der Waals surface area contributed by atoms with Crippen LogP contribution < -0.4 is 0 Å². The van der Waals surface area contributed by atoms with E-state index < -0.39 is 40.2 Å². The third kappa shape index (κ3) is 4.35. The van der Waals surface area contributed by atoms with E-state index in [1.807, 2.05) is 0 Å². The van der Waals surface area contributed by atoms with Gasteiger partial charge in [0, 0.05) is 14.7 Å². The predicted octanol–water partition coefficient (Wildman–Crippen LogP) is 7.89. The van der Waals surface area contributed by atoms with Crippen molar-refractivity contribution in [3.05, 3.63) is 91.0 Å². The van der Waals surface area contributed by atoms with E-state index in [4.69, 9.17) is 4.18 Å². The molecule has 0 saturated heterocycles. The molecule has 2 nitrogen and oxygen atoms in total. The van der Waals surface area contributed by atoms with E-state index in [9.17, 15) is 44.3 Å². The van der Waals surface area contributed by atoms with Crippen molar-refractivity contribution < 1.29 is 48.5 Å². The van der Waals surface area contributed by atoms with Crippen molar-refractivity contribution in [2.24, 2.45) is 0 Å². The van der Waals surface area contributed by atoms with Crippen LogP contribution in [0.2, 0.25) is 0 Å². The average Bonchev–Trinajstić information content (AvgIpc) is 2.83. The lowest BCUT2D eigenvalue weighted by atomic mass is 10.0. The largest absolute Gasteiger partial charge is 0.460 e. The van der Waals surface area contributed by atoms with Crippen molar-refractivity contribution in [1.29, 1.82) is 0 Å². The van der Waals surface area contributed by atoms with Gasteiger partial charge >= 0.3 is 29.9 Å². The van der Waals surface area contributed by atoms with Crippen molar-refractivity contribution in [3.63, 3.8) is 0 Å². The highest BCUT2D eigenvalue weighted by Gasteiger charge is 2.84. The smallest absolute Gasteiger partial charge is 0.397 e. The molecule has 188 valence electrons. The second-order valence-corrected chi connectivity index (χ2v) is 9.78. The van der Waals surface area contributed by atoms with Gasteiger partial charge in [-0.2, -0.15) is 39.5 Å². The normalized spacial score (nSPS) is 13.9. The number of hydrogen-bond donors (Lipinski definition) is 0. The van der Waals surface area contributed by atoms with Gasteiger partial charge in [-0.3, -0.25) is 0 Å². The monoisotopic (exact) mass is 526 g/mol. The Kier molecular flexibility index (Phi) is 6.91. The van der Waals surface area contributed by atoms with Gasteiger partial charge in [0.15, 0.2) is 0 Å². The maximum Gasteiger partial charge on any atom is 0.460 e. The first-order valence-corrected chi connectivity index (χ1v) is 11.2. The van der Waals surface area contributed by atoms with Gasteiger partial charge in [-0.25, -0.2) is 4.79 Å². The maximum absolute atomic E-state index is 14.5. The molecule has 0 spiro atoms. The topological polar surface area (TPSA) is 26.3 Å². The molecule has 0 heterocycles. The Morgan fingerprint density at radius 3 is 1.14 bits per heavy atom. The fourth-order valence-electron chi connectivity index (χ4n) is 3.06. The van der Waals surface area contributed by atoms with Crippen LogP contribution in [-0.2, 0) is 8.98 Å². The molecule has 0 saturated carbocycles. The van der Waals surface area contributed by atoms with E-state index in [1.54, 1.807) is 0 Å². The molecule has 0 aliphatic heterocycles. The molecule has 0 atom stereocenters. The van der Waals surface area contributed by atoms with Gasteiger partial charge < -0.3 is 4.18 Å². The van der Waals surface area contributed by atoms with Crippen LogP contribution in [0, 0.1) is 0 Å². The van der Waals surface area contributed by atoms with Crippen molar-refractivity contribution in [3.8, 4) is 0 Å². The highest BCUT2D eigenvalue weighted by molar-refractivity contribution is 8.30. The fraction of sp³-hybridized carbons (Fsp3) is 0.174. The van der Waals surface area contributed by atoms with E-state index in [0.29, 0.717) is 0 Å². The van der Waals surface area contributed by atoms with Crippen molar-refractivity contribution >= 4 is 16.3 Å². The summed E-state index contributed by atoms with van der Waals surface area (Å²) in [5, 5.41) is 0. The fourth-order valence-corrected chi connectivity index (χ4v) is 6.12. The minimum absolute atomic E-state index is 0.0208. The molecule has 0 amide bonds. The van der Waals surface area contributed by atoms with Gasteiger partial charge in [0.05, 0.1) is 0 Å². The Morgan fingerprint density at radius 1 is 0.543 bits per heavy atom. The Hall–Kier alpha value is -3.15. The lowest BCUT2D eigenvalue weighted by Gasteiger charge is -2.41. The molecule has 12 heteroatoms. The molecular formula is C23H15F9O2S. The summed E-state index contributed by atoms with van der Waals surface area (Å²) in [5.74, 6) is -24.2. The number of hydrogen-bond acceptors (Lipinski definition) is 2. The van der Waals surface area contributed by atoms with Crippen LogP contribution in [0.15, 0.2) is 106 Å². The Bertz CT molecular complexity index is 1060. The maximum atomic E-state index is 14.5. The molecule has 35 heavy (non-hydrogen) atoms. The number of rotatable bonds is 7. The number of alkyl halides is 9. The minimum Gasteiger partial charge on any atom is -0.397 e. The van der Waals surface area contributed by atoms with Crippen LogP contribution in [0.25, 0.3) is 0 Å². The Labute approximate surface area is 194 Å². The van der Waals surface area contributed by atoms with Crippen LogP contribution in [0.3, 0.4) is 0 Å². The number of carbonyl (C=O) groups is 1. The Balaban J connectivity index is 2.24. The minimum atomic E-state index is -7.23. The SMILES string of the molecule is O=C(OS(c1ccccc1)(c1ccccc1)c1ccccc1)C(F)(F)C(F)(F)C(F)(F)C(F)(F)F. The van der Waals surface area contributed by atoms with Crippen LogP contribution in [0.1, 0.15) is 0 Å². The first-order valence-electron chi connectivity index (χ1n) is 9.62. The molecule has 3 rings (SSSR count). The van der Waals surface area contributed by atoms with Gasteiger partial charge in [-0.1, -0.05) is 54.6 Å². The summed E-state index contributed by atoms with van der Waals surface area (Å²) in [6.07, 6.45) is -7.07. The molecule has 0 fully saturated rings. The summed E-state index contributed by atoms with van der Waals surface area (Å²) in [5.41, 5.74) is 0. The van der Waals surface area contributed by atoms with Gasteiger partial charge in [-0.05, 0) is 46.7 Å². The molecular weight excluding hydrogens is 511 g/mol. The zero-order valence-corrected chi connectivity index (χ0v) is 18.1. The highest BCUT2D eigenvalue weighted by Crippen LogP contribution is 2.70. The molecule has 3 aromatic carbocycles. The van der Waals surface area contributed by atoms with E-state index >= 15 is 0 Å². The second kappa shape index (κ2) is 9.14. The third-order valence-electron chi connectivity index (χ3n) is 4.83. The molecule has 0 aromatic heterocycles. The van der Waals surface area contributed by atoms with Crippen LogP contribution in [0.4, 0.5) is 39.5 Å². The molecule has 0 unspecified atom stereocenters. The van der Waals surface area contributed by atoms with Gasteiger partial charge in [-0.15, -0.1) is 0 Å². The van der Waals surface area contributed by atoms with E-state index in [1.165, 1.54) is 91.0 Å². The van der Waals surface area contributed by atoms with Gasteiger partial charge in [0.2, 0.25) is 0 Å². The summed E-state index contributed by atoms with van der Waals surface area (Å²) in [6.45, 7) is 0. The van der Waals surface area contributed by atoms with Crippen molar-refractivity contribution in [2.75, 3.05) is 0 Å². The molecule has 0 aliphatic carbocycles. The van der Waals surface area contributed by atoms with E-state index in [0.717, 1.165) is 0 Å². The number of carbonyl (C=O) groups excluding carboxylic acids is 1. The quantitative estimate of drug-likeness (QED) is 0.293. The van der Waals surface area contributed by atoms with E-state index in [2.05, 4.69) is 0 Å². The predicted molar refractivity (Wildman–Crippen MR) is 109 cm³/mol. The van der Waals surface area contributed by atoms with Crippen molar-refractivity contribution in [1.82, 2.24) is 0 Å². The lowest BCUT2D eigenvalue weighted by Crippen LogP contribution is -2.63. The van der Waals surface area contributed by atoms with Gasteiger partial charge in [0.25, 0.3) is 0 Å². The zero-order chi connectivity index (χ0) is 26.1. The summed E-state index contributed by atoms with van der Waals surface area (Å²) in [7, 11) is -3.65. The zero-order valence-electron chi connectivity index (χ0n) is 17.3. The molecule has 0 N–H and O–H groups in total. The Morgan fingerprint density at radius 2 is 0.857 bits per heavy atom. The molecule has 0 radical (unpaired) electrons. The summed E-state index contributed by atoms with van der Waals surface area (Å²) >= 11 is 0. The summed E-state index contributed by atoms with van der Waals surface area (Å²) in [4.78, 5) is 12.6. The summed E-state index contributed by atoms with van der Waals surface area (Å²) < 4.78 is 126. The third-order valence-corrected chi connectivity index (χ3v) is 8.04. The van der Waals surface area contributed by atoms with Gasteiger partial charge in [0.1, 0.15) is 0 Å². The van der Waals surface area contributed by atoms with E-state index in [-0.39, 0.29) is 14.7 Å². The number of halogens is 9. The number of benzene rings is 3. The lowest BCUT2D eigenvalue weighted by molar-refractivity contribution is -0.390.